The van der Waals surface area contributed by atoms with Gasteiger partial charge in [-0.1, -0.05) is 32.6 Å². The maximum Gasteiger partial charge on any atom is 0 e. The van der Waals surface area contributed by atoms with Crippen molar-refractivity contribution in [3.8, 4) is 0 Å². The Morgan fingerprint density at radius 2 is 1.44 bits per heavy atom. The summed E-state index contributed by atoms with van der Waals surface area (Å²) >= 11 is 0. The molecular formula is C8H17Y-. The summed E-state index contributed by atoms with van der Waals surface area (Å²) in [6.07, 6.45) is 5.95. The van der Waals surface area contributed by atoms with E-state index in [1.165, 1.54) is 25.7 Å². The molecule has 1 aliphatic carbocycles. The van der Waals surface area contributed by atoms with Crippen LogP contribution in [-0.2, 0) is 32.7 Å². The molecule has 0 saturated heterocycles. The summed E-state index contributed by atoms with van der Waals surface area (Å²) in [4.78, 5) is 0. The van der Waals surface area contributed by atoms with Crippen LogP contribution in [0.5, 0.6) is 0 Å². The van der Waals surface area contributed by atoms with E-state index in [2.05, 4.69) is 13.8 Å². The van der Waals surface area contributed by atoms with Gasteiger partial charge in [-0.15, -0.1) is 0 Å². The molecule has 0 aromatic rings. The van der Waals surface area contributed by atoms with Crippen LogP contribution in [0, 0.1) is 12.8 Å². The largest absolute Gasteiger partial charge is 0.346 e. The summed E-state index contributed by atoms with van der Waals surface area (Å²) in [5, 5.41) is 0. The third-order valence-corrected chi connectivity index (χ3v) is 1.64. The molecule has 0 aromatic carbocycles. The van der Waals surface area contributed by atoms with Crippen LogP contribution in [0.1, 0.15) is 39.5 Å². The Morgan fingerprint density at radius 3 is 1.56 bits per heavy atom. The van der Waals surface area contributed by atoms with Crippen LogP contribution in [-0.4, -0.2) is 0 Å². The van der Waals surface area contributed by atoms with Gasteiger partial charge in [0, 0.05) is 32.7 Å². The van der Waals surface area contributed by atoms with Gasteiger partial charge in [0.1, 0.15) is 0 Å². The molecule has 0 unspecified atom stereocenters. The van der Waals surface area contributed by atoms with E-state index >= 15 is 0 Å². The van der Waals surface area contributed by atoms with Crippen molar-refractivity contribution in [2.45, 2.75) is 39.5 Å². The molecule has 53 valence electrons. The molecule has 0 bridgehead atoms. The van der Waals surface area contributed by atoms with Crippen LogP contribution in [0.25, 0.3) is 0 Å². The Labute approximate surface area is 84.7 Å². The molecule has 1 aliphatic rings. The van der Waals surface area contributed by atoms with Crippen LogP contribution in [0.4, 0.5) is 0 Å². The number of hydrogen-bond donors (Lipinski definition) is 0. The standard InChI is InChI=1S/C6H12.C2H5.Y/c1-6-4-2-3-5-6;1-2;/h6H,2-5H2,1H3;1H2,2H3;/q;-1;. The van der Waals surface area contributed by atoms with Crippen LogP contribution in [0.15, 0.2) is 0 Å². The fourth-order valence-corrected chi connectivity index (χ4v) is 1.13. The molecule has 0 N–H and O–H groups in total. The SMILES string of the molecule is CC1CCCC1.[CH2-]C.[Y]. The molecule has 0 aliphatic heterocycles. The number of hydrogen-bond acceptors (Lipinski definition) is 0. The molecule has 1 rings (SSSR count). The molecular weight excluding hydrogens is 185 g/mol. The van der Waals surface area contributed by atoms with E-state index < -0.39 is 0 Å². The van der Waals surface area contributed by atoms with E-state index in [4.69, 9.17) is 0 Å². The first kappa shape index (κ1) is 12.8. The average molecular weight is 202 g/mol. The van der Waals surface area contributed by atoms with Crippen LogP contribution in [0.3, 0.4) is 0 Å². The van der Waals surface area contributed by atoms with E-state index in [0.29, 0.717) is 0 Å². The third kappa shape index (κ3) is 7.00. The van der Waals surface area contributed by atoms with E-state index in [9.17, 15) is 0 Å². The van der Waals surface area contributed by atoms with Crippen molar-refractivity contribution >= 4 is 0 Å². The summed E-state index contributed by atoms with van der Waals surface area (Å²) < 4.78 is 0. The van der Waals surface area contributed by atoms with Gasteiger partial charge >= 0.3 is 0 Å². The third-order valence-electron chi connectivity index (χ3n) is 1.64. The van der Waals surface area contributed by atoms with Gasteiger partial charge in [0.05, 0.1) is 0 Å². The van der Waals surface area contributed by atoms with Gasteiger partial charge in [-0.25, -0.2) is 0 Å². The van der Waals surface area contributed by atoms with Gasteiger partial charge in [0.15, 0.2) is 0 Å². The first-order valence-corrected chi connectivity index (χ1v) is 3.60. The molecule has 0 aromatic heterocycles. The molecule has 1 fully saturated rings. The van der Waals surface area contributed by atoms with E-state index in [1.54, 1.807) is 6.92 Å². The Hall–Kier alpha value is 1.10. The van der Waals surface area contributed by atoms with Gasteiger partial charge in [0.25, 0.3) is 0 Å². The van der Waals surface area contributed by atoms with Crippen molar-refractivity contribution in [1.29, 1.82) is 0 Å². The second-order valence-electron chi connectivity index (χ2n) is 2.39. The molecule has 1 heteroatoms. The first-order chi connectivity index (χ1) is 3.89. The molecule has 9 heavy (non-hydrogen) atoms. The van der Waals surface area contributed by atoms with Crippen LogP contribution >= 0.6 is 0 Å². The summed E-state index contributed by atoms with van der Waals surface area (Å²) in [5.41, 5.74) is 0. The molecule has 0 spiro atoms. The van der Waals surface area contributed by atoms with Gasteiger partial charge in [0.2, 0.25) is 0 Å². The molecule has 0 amide bonds. The van der Waals surface area contributed by atoms with E-state index in [1.807, 2.05) is 0 Å². The second kappa shape index (κ2) is 9.10. The minimum Gasteiger partial charge on any atom is -0.346 e. The Morgan fingerprint density at radius 1 is 1.11 bits per heavy atom. The fourth-order valence-electron chi connectivity index (χ4n) is 1.13. The molecule has 0 nitrogen and oxygen atoms in total. The second-order valence-corrected chi connectivity index (χ2v) is 2.39. The maximum absolute atomic E-state index is 3.25. The Kier molecular flexibility index (Phi) is 12.9. The van der Waals surface area contributed by atoms with Crippen molar-refractivity contribution in [1.82, 2.24) is 0 Å². The zero-order valence-electron chi connectivity index (χ0n) is 6.69. The number of rotatable bonds is 0. The quantitative estimate of drug-likeness (QED) is 0.529. The maximum atomic E-state index is 3.25. The smallest absolute Gasteiger partial charge is 0 e. The van der Waals surface area contributed by atoms with Crippen LogP contribution < -0.4 is 0 Å². The summed E-state index contributed by atoms with van der Waals surface area (Å²) in [6, 6.07) is 0. The normalized spacial score (nSPS) is 17.7. The van der Waals surface area contributed by atoms with Gasteiger partial charge < -0.3 is 6.92 Å². The van der Waals surface area contributed by atoms with Crippen molar-refractivity contribution in [3.05, 3.63) is 6.92 Å². The predicted octanol–water partition coefficient (Wildman–Crippen LogP) is 3.03. The van der Waals surface area contributed by atoms with Crippen molar-refractivity contribution < 1.29 is 32.7 Å². The van der Waals surface area contributed by atoms with Crippen molar-refractivity contribution in [3.63, 3.8) is 0 Å². The zero-order valence-corrected chi connectivity index (χ0v) is 9.53. The molecule has 0 atom stereocenters. The van der Waals surface area contributed by atoms with E-state index in [0.717, 1.165) is 5.92 Å². The molecule has 1 saturated carbocycles. The predicted molar refractivity (Wildman–Crippen MR) is 38.7 cm³/mol. The molecule has 1 radical (unpaired) electrons. The zero-order chi connectivity index (χ0) is 6.41. The van der Waals surface area contributed by atoms with Crippen molar-refractivity contribution in [2.24, 2.45) is 5.92 Å². The minimum absolute atomic E-state index is 0. The molecule has 0 heterocycles. The fraction of sp³-hybridized carbons (Fsp3) is 0.875. The van der Waals surface area contributed by atoms with Crippen molar-refractivity contribution in [2.75, 3.05) is 0 Å². The summed E-state index contributed by atoms with van der Waals surface area (Å²) in [5.74, 6) is 1.05. The van der Waals surface area contributed by atoms with E-state index in [-0.39, 0.29) is 32.7 Å². The topological polar surface area (TPSA) is 0 Å². The summed E-state index contributed by atoms with van der Waals surface area (Å²) in [6.45, 7) is 7.34. The van der Waals surface area contributed by atoms with Gasteiger partial charge in [-0.2, -0.15) is 6.92 Å². The monoisotopic (exact) mass is 202 g/mol. The Bertz CT molecular complexity index is 37.8. The average Bonchev–Trinajstić information content (AvgIpc) is 2.24. The van der Waals surface area contributed by atoms with Crippen LogP contribution in [0.2, 0.25) is 0 Å². The van der Waals surface area contributed by atoms with Gasteiger partial charge in [-0.3, -0.25) is 0 Å². The summed E-state index contributed by atoms with van der Waals surface area (Å²) in [7, 11) is 0. The van der Waals surface area contributed by atoms with Gasteiger partial charge in [-0.05, 0) is 5.92 Å². The first-order valence-electron chi connectivity index (χ1n) is 3.60. The Balaban J connectivity index is 0. The minimum atomic E-state index is 0.